The maximum Gasteiger partial charge on any atom is 0.408 e. The Morgan fingerprint density at radius 2 is 1.82 bits per heavy atom. The van der Waals surface area contributed by atoms with Crippen molar-refractivity contribution in [3.05, 3.63) is 35.9 Å². The summed E-state index contributed by atoms with van der Waals surface area (Å²) in [5.41, 5.74) is -0.349. The van der Waals surface area contributed by atoms with Crippen LogP contribution in [0.1, 0.15) is 38.7 Å². The standard InChI is InChI=1S/C17H23NO4/c1-12-8-13(2)10-17(9-12,15(19)20)18-16(21)22-11-14-6-4-3-5-7-14/h3-7,12-13H,8-11H2,1-2H3,(H,18,21)(H,19,20). The Kier molecular flexibility index (Phi) is 5.06. The molecule has 0 bridgehead atoms. The van der Waals surface area contributed by atoms with Crippen molar-refractivity contribution >= 4 is 12.1 Å². The van der Waals surface area contributed by atoms with Crippen LogP contribution in [-0.4, -0.2) is 22.7 Å². The number of amides is 1. The Hall–Kier alpha value is -2.04. The molecule has 1 saturated carbocycles. The lowest BCUT2D eigenvalue weighted by atomic mass is 9.71. The predicted molar refractivity (Wildman–Crippen MR) is 82.3 cm³/mol. The van der Waals surface area contributed by atoms with Gasteiger partial charge in [0.2, 0.25) is 0 Å². The molecule has 0 aliphatic heterocycles. The van der Waals surface area contributed by atoms with Crippen LogP contribution in [-0.2, 0) is 16.1 Å². The summed E-state index contributed by atoms with van der Waals surface area (Å²) in [6.45, 7) is 4.17. The predicted octanol–water partition coefficient (Wildman–Crippen LogP) is 3.19. The SMILES string of the molecule is CC1CC(C)CC(NC(=O)OCc2ccccc2)(C(=O)O)C1. The minimum absolute atomic E-state index is 0.132. The normalized spacial score (nSPS) is 27.9. The molecule has 5 heteroatoms. The first-order valence-electron chi connectivity index (χ1n) is 7.63. The third-order valence-electron chi connectivity index (χ3n) is 4.16. The van der Waals surface area contributed by atoms with Gasteiger partial charge in [-0.2, -0.15) is 0 Å². The zero-order valence-corrected chi connectivity index (χ0v) is 13.0. The van der Waals surface area contributed by atoms with E-state index in [1.54, 1.807) is 0 Å². The highest BCUT2D eigenvalue weighted by atomic mass is 16.5. The van der Waals surface area contributed by atoms with Gasteiger partial charge in [-0.25, -0.2) is 9.59 Å². The van der Waals surface area contributed by atoms with Gasteiger partial charge < -0.3 is 15.2 Å². The van der Waals surface area contributed by atoms with Crippen molar-refractivity contribution in [2.45, 2.75) is 45.3 Å². The van der Waals surface area contributed by atoms with Gasteiger partial charge in [0.05, 0.1) is 0 Å². The van der Waals surface area contributed by atoms with Crippen molar-refractivity contribution in [1.29, 1.82) is 0 Å². The van der Waals surface area contributed by atoms with Gasteiger partial charge in [0.15, 0.2) is 0 Å². The zero-order valence-electron chi connectivity index (χ0n) is 13.0. The fourth-order valence-electron chi connectivity index (χ4n) is 3.41. The van der Waals surface area contributed by atoms with E-state index in [0.29, 0.717) is 12.8 Å². The van der Waals surface area contributed by atoms with E-state index in [4.69, 9.17) is 4.74 Å². The fraction of sp³-hybridized carbons (Fsp3) is 0.529. The topological polar surface area (TPSA) is 75.6 Å². The maximum atomic E-state index is 12.0. The Morgan fingerprint density at radius 1 is 1.23 bits per heavy atom. The average molecular weight is 305 g/mol. The van der Waals surface area contributed by atoms with Crippen LogP contribution in [0, 0.1) is 11.8 Å². The van der Waals surface area contributed by atoms with E-state index in [1.807, 2.05) is 44.2 Å². The first-order chi connectivity index (χ1) is 10.4. The van der Waals surface area contributed by atoms with E-state index in [9.17, 15) is 14.7 Å². The molecule has 5 nitrogen and oxygen atoms in total. The Bertz CT molecular complexity index is 519. The van der Waals surface area contributed by atoms with Crippen molar-refractivity contribution in [1.82, 2.24) is 5.32 Å². The highest BCUT2D eigenvalue weighted by Crippen LogP contribution is 2.36. The molecule has 1 fully saturated rings. The van der Waals surface area contributed by atoms with Crippen LogP contribution in [0.15, 0.2) is 30.3 Å². The first-order valence-corrected chi connectivity index (χ1v) is 7.63. The van der Waals surface area contributed by atoms with Crippen LogP contribution in [0.4, 0.5) is 4.79 Å². The summed E-state index contributed by atoms with van der Waals surface area (Å²) in [6.07, 6.45) is 1.18. The Morgan fingerprint density at radius 3 is 2.36 bits per heavy atom. The number of carboxylic acid groups (broad SMARTS) is 1. The lowest BCUT2D eigenvalue weighted by Gasteiger charge is -2.39. The minimum atomic E-state index is -1.22. The number of carboxylic acids is 1. The molecule has 1 aliphatic carbocycles. The number of carbonyl (C=O) groups is 2. The molecule has 1 aliphatic rings. The molecule has 120 valence electrons. The van der Waals surface area contributed by atoms with Crippen LogP contribution in [0.25, 0.3) is 0 Å². The maximum absolute atomic E-state index is 12.0. The van der Waals surface area contributed by atoms with Crippen LogP contribution in [0.3, 0.4) is 0 Å². The Labute approximate surface area is 130 Å². The van der Waals surface area contributed by atoms with Gasteiger partial charge in [-0.15, -0.1) is 0 Å². The largest absolute Gasteiger partial charge is 0.480 e. The molecule has 1 amide bonds. The summed E-state index contributed by atoms with van der Waals surface area (Å²) in [5.74, 6) is -0.467. The summed E-state index contributed by atoms with van der Waals surface area (Å²) in [5, 5.41) is 12.2. The quantitative estimate of drug-likeness (QED) is 0.895. The molecule has 0 heterocycles. The highest BCUT2D eigenvalue weighted by Gasteiger charge is 2.45. The Balaban J connectivity index is 1.99. The number of hydrogen-bond acceptors (Lipinski definition) is 3. The van der Waals surface area contributed by atoms with Gasteiger partial charge in [-0.1, -0.05) is 44.2 Å². The van der Waals surface area contributed by atoms with E-state index in [-0.39, 0.29) is 18.4 Å². The van der Waals surface area contributed by atoms with Crippen molar-refractivity contribution in [2.24, 2.45) is 11.8 Å². The number of nitrogens with one attached hydrogen (secondary N) is 1. The van der Waals surface area contributed by atoms with Gasteiger partial charge in [0.25, 0.3) is 0 Å². The number of benzene rings is 1. The van der Waals surface area contributed by atoms with E-state index < -0.39 is 17.6 Å². The first kappa shape index (κ1) is 16.3. The zero-order chi connectivity index (χ0) is 16.2. The molecule has 1 aromatic carbocycles. The molecule has 0 aromatic heterocycles. The smallest absolute Gasteiger partial charge is 0.408 e. The molecule has 2 atom stereocenters. The summed E-state index contributed by atoms with van der Waals surface area (Å²) in [4.78, 5) is 23.7. The average Bonchev–Trinajstić information content (AvgIpc) is 2.45. The fourth-order valence-corrected chi connectivity index (χ4v) is 3.41. The third kappa shape index (κ3) is 4.00. The van der Waals surface area contributed by atoms with Gasteiger partial charge in [-0.3, -0.25) is 0 Å². The van der Waals surface area contributed by atoms with Gasteiger partial charge in [0, 0.05) is 0 Å². The van der Waals surface area contributed by atoms with Crippen LogP contribution in [0.2, 0.25) is 0 Å². The molecule has 2 N–H and O–H groups in total. The van der Waals surface area contributed by atoms with Crippen LogP contribution in [0.5, 0.6) is 0 Å². The van der Waals surface area contributed by atoms with Crippen molar-refractivity contribution in [2.75, 3.05) is 0 Å². The number of rotatable bonds is 4. The number of alkyl carbamates (subject to hydrolysis) is 1. The summed E-state index contributed by atoms with van der Waals surface area (Å²) < 4.78 is 5.16. The van der Waals surface area contributed by atoms with Gasteiger partial charge in [-0.05, 0) is 36.7 Å². The number of aliphatic carboxylic acids is 1. The second-order valence-corrected chi connectivity index (χ2v) is 6.43. The van der Waals surface area contributed by atoms with E-state index in [1.165, 1.54) is 0 Å². The molecule has 0 radical (unpaired) electrons. The molecule has 1 aromatic rings. The minimum Gasteiger partial charge on any atom is -0.480 e. The van der Waals surface area contributed by atoms with Gasteiger partial charge >= 0.3 is 12.1 Å². The van der Waals surface area contributed by atoms with E-state index in [0.717, 1.165) is 12.0 Å². The second kappa shape index (κ2) is 6.81. The molecule has 22 heavy (non-hydrogen) atoms. The molecule has 0 saturated heterocycles. The molecular weight excluding hydrogens is 282 g/mol. The lowest BCUT2D eigenvalue weighted by molar-refractivity contribution is -0.147. The van der Waals surface area contributed by atoms with Crippen molar-refractivity contribution in [3.63, 3.8) is 0 Å². The lowest BCUT2D eigenvalue weighted by Crippen LogP contribution is -2.58. The number of hydrogen-bond donors (Lipinski definition) is 2. The molecule has 2 rings (SSSR count). The van der Waals surface area contributed by atoms with E-state index >= 15 is 0 Å². The number of carbonyl (C=O) groups excluding carboxylic acids is 1. The third-order valence-corrected chi connectivity index (χ3v) is 4.16. The second-order valence-electron chi connectivity index (χ2n) is 6.43. The van der Waals surface area contributed by atoms with Crippen LogP contribution < -0.4 is 5.32 Å². The van der Waals surface area contributed by atoms with Crippen LogP contribution >= 0.6 is 0 Å². The molecule has 2 unspecified atom stereocenters. The van der Waals surface area contributed by atoms with E-state index in [2.05, 4.69) is 5.32 Å². The summed E-state index contributed by atoms with van der Waals surface area (Å²) in [7, 11) is 0. The summed E-state index contributed by atoms with van der Waals surface area (Å²) in [6, 6.07) is 9.31. The molecule has 0 spiro atoms. The molecular formula is C17H23NO4. The number of ether oxygens (including phenoxy) is 1. The summed E-state index contributed by atoms with van der Waals surface area (Å²) >= 11 is 0. The highest BCUT2D eigenvalue weighted by molar-refractivity contribution is 5.84. The van der Waals surface area contributed by atoms with Gasteiger partial charge in [0.1, 0.15) is 12.1 Å². The monoisotopic (exact) mass is 305 g/mol. The van der Waals surface area contributed by atoms with Crippen molar-refractivity contribution < 1.29 is 19.4 Å². The van der Waals surface area contributed by atoms with Crippen molar-refractivity contribution in [3.8, 4) is 0 Å².